The molecular formula is C9H8BrF3N2O3S. The number of alkyl halides is 4. The van der Waals surface area contributed by atoms with E-state index in [0.29, 0.717) is 16.2 Å². The molecule has 10 heteroatoms. The molecule has 0 fully saturated rings. The van der Waals surface area contributed by atoms with Crippen molar-refractivity contribution in [2.75, 3.05) is 18.4 Å². The monoisotopic (exact) mass is 360 g/mol. The highest BCUT2D eigenvalue weighted by molar-refractivity contribution is 9.09. The second-order valence-corrected chi connectivity index (χ2v) is 5.28. The number of carbonyl (C=O) groups excluding carboxylic acids is 1. The lowest BCUT2D eigenvalue weighted by Gasteiger charge is -2.22. The summed E-state index contributed by atoms with van der Waals surface area (Å²) in [5.41, 5.74) is 0. The van der Waals surface area contributed by atoms with Crippen LogP contribution in [0.3, 0.4) is 0 Å². The van der Waals surface area contributed by atoms with Gasteiger partial charge in [-0.25, -0.2) is 0 Å². The Kier molecular flexibility index (Phi) is 5.29. The van der Waals surface area contributed by atoms with Crippen molar-refractivity contribution < 1.29 is 22.9 Å². The maximum absolute atomic E-state index is 12.3. The lowest BCUT2D eigenvalue weighted by molar-refractivity contribution is -0.380. The normalized spacial score (nSPS) is 11.4. The van der Waals surface area contributed by atoms with E-state index in [4.69, 9.17) is 0 Å². The Morgan fingerprint density at radius 3 is 2.53 bits per heavy atom. The van der Waals surface area contributed by atoms with Crippen LogP contribution in [-0.4, -0.2) is 40.3 Å². The van der Waals surface area contributed by atoms with Crippen LogP contribution >= 0.6 is 27.3 Å². The van der Waals surface area contributed by atoms with Gasteiger partial charge in [-0.05, 0) is 6.07 Å². The molecule has 1 aromatic rings. The zero-order chi connectivity index (χ0) is 14.6. The van der Waals surface area contributed by atoms with Gasteiger partial charge in [-0.3, -0.25) is 14.9 Å². The average Bonchev–Trinajstić information content (AvgIpc) is 2.75. The molecule has 0 aliphatic heterocycles. The van der Waals surface area contributed by atoms with E-state index in [9.17, 15) is 28.1 Å². The number of halogens is 4. The van der Waals surface area contributed by atoms with Crippen LogP contribution < -0.4 is 0 Å². The number of carbonyl (C=O) groups is 1. The standard InChI is InChI=1S/C9H8BrF3N2O3S/c10-3-4-14(5-9(11,12)13)8(16)6-1-2-7(19-6)15(17)18/h1-2H,3-5H2. The molecule has 0 saturated heterocycles. The Hall–Kier alpha value is -1.16. The zero-order valence-corrected chi connectivity index (χ0v) is 11.7. The van der Waals surface area contributed by atoms with Gasteiger partial charge in [-0.2, -0.15) is 13.2 Å². The van der Waals surface area contributed by atoms with E-state index in [1.807, 2.05) is 0 Å². The van der Waals surface area contributed by atoms with Crippen LogP contribution in [0.5, 0.6) is 0 Å². The van der Waals surface area contributed by atoms with Crippen LogP contribution in [0.2, 0.25) is 0 Å². The molecule has 19 heavy (non-hydrogen) atoms. The molecule has 0 saturated carbocycles. The third-order valence-corrected chi connectivity index (χ3v) is 3.37. The van der Waals surface area contributed by atoms with Crippen LogP contribution in [0.4, 0.5) is 18.2 Å². The first kappa shape index (κ1) is 15.9. The van der Waals surface area contributed by atoms with Crippen LogP contribution in [0.1, 0.15) is 9.67 Å². The molecule has 0 N–H and O–H groups in total. The molecule has 0 aliphatic rings. The topological polar surface area (TPSA) is 63.4 Å². The third kappa shape index (κ3) is 4.78. The second kappa shape index (κ2) is 6.33. The fourth-order valence-electron chi connectivity index (χ4n) is 1.27. The van der Waals surface area contributed by atoms with E-state index in [0.717, 1.165) is 12.1 Å². The molecule has 0 aromatic carbocycles. The van der Waals surface area contributed by atoms with E-state index in [1.54, 1.807) is 0 Å². The lowest BCUT2D eigenvalue weighted by Crippen LogP contribution is -2.39. The van der Waals surface area contributed by atoms with Crippen molar-refractivity contribution in [1.29, 1.82) is 0 Å². The lowest BCUT2D eigenvalue weighted by atomic mass is 10.3. The Bertz CT molecular complexity index is 478. The summed E-state index contributed by atoms with van der Waals surface area (Å²) < 4.78 is 37.0. The number of rotatable bonds is 5. The predicted octanol–water partition coefficient (Wildman–Crippen LogP) is 3.06. The Morgan fingerprint density at radius 1 is 1.47 bits per heavy atom. The molecule has 106 valence electrons. The maximum atomic E-state index is 12.3. The summed E-state index contributed by atoms with van der Waals surface area (Å²) in [6.07, 6.45) is -4.51. The molecule has 0 aliphatic carbocycles. The maximum Gasteiger partial charge on any atom is 0.406 e. The van der Waals surface area contributed by atoms with E-state index in [2.05, 4.69) is 15.9 Å². The van der Waals surface area contributed by atoms with Crippen molar-refractivity contribution in [3.63, 3.8) is 0 Å². The van der Waals surface area contributed by atoms with Gasteiger partial charge in [0.05, 0.1) is 9.80 Å². The quantitative estimate of drug-likeness (QED) is 0.460. The summed E-state index contributed by atoms with van der Waals surface area (Å²) in [4.78, 5) is 22.1. The van der Waals surface area contributed by atoms with E-state index < -0.39 is 23.6 Å². The van der Waals surface area contributed by atoms with Gasteiger partial charge < -0.3 is 4.90 Å². The average molecular weight is 361 g/mol. The second-order valence-electron chi connectivity index (χ2n) is 3.43. The highest BCUT2D eigenvalue weighted by atomic mass is 79.9. The molecule has 0 unspecified atom stereocenters. The minimum atomic E-state index is -4.51. The number of nitro groups is 1. The first-order valence-corrected chi connectivity index (χ1v) is 6.84. The number of hydrogen-bond donors (Lipinski definition) is 0. The number of hydrogen-bond acceptors (Lipinski definition) is 4. The van der Waals surface area contributed by atoms with E-state index in [-0.39, 0.29) is 21.8 Å². The minimum absolute atomic E-state index is 0.0862. The fourth-order valence-corrected chi connectivity index (χ4v) is 2.48. The molecule has 0 bridgehead atoms. The minimum Gasteiger partial charge on any atom is -0.328 e. The van der Waals surface area contributed by atoms with Gasteiger partial charge >= 0.3 is 11.2 Å². The Balaban J connectivity index is 2.89. The van der Waals surface area contributed by atoms with Crippen molar-refractivity contribution in [3.05, 3.63) is 27.1 Å². The summed E-state index contributed by atoms with van der Waals surface area (Å²) in [7, 11) is 0. The largest absolute Gasteiger partial charge is 0.406 e. The van der Waals surface area contributed by atoms with Gasteiger partial charge in [-0.15, -0.1) is 0 Å². The van der Waals surface area contributed by atoms with Crippen LogP contribution in [0, 0.1) is 10.1 Å². The summed E-state index contributed by atoms with van der Waals surface area (Å²) in [6.45, 7) is -1.52. The zero-order valence-electron chi connectivity index (χ0n) is 9.32. The van der Waals surface area contributed by atoms with Crippen molar-refractivity contribution >= 4 is 38.2 Å². The molecule has 1 rings (SSSR count). The molecule has 1 heterocycles. The summed E-state index contributed by atoms with van der Waals surface area (Å²) in [5.74, 6) is -0.866. The molecule has 1 amide bonds. The summed E-state index contributed by atoms with van der Waals surface area (Å²) >= 11 is 3.52. The molecule has 0 spiro atoms. The van der Waals surface area contributed by atoms with Gasteiger partial charge in [0, 0.05) is 17.9 Å². The van der Waals surface area contributed by atoms with Gasteiger partial charge in [0.2, 0.25) is 0 Å². The number of thiophene rings is 1. The first-order valence-electron chi connectivity index (χ1n) is 4.91. The van der Waals surface area contributed by atoms with Gasteiger partial charge in [0.25, 0.3) is 5.91 Å². The molecule has 0 radical (unpaired) electrons. The van der Waals surface area contributed by atoms with E-state index in [1.165, 1.54) is 0 Å². The predicted molar refractivity (Wildman–Crippen MR) is 66.7 cm³/mol. The van der Waals surface area contributed by atoms with Gasteiger partial charge in [0.1, 0.15) is 6.54 Å². The van der Waals surface area contributed by atoms with Crippen molar-refractivity contribution in [1.82, 2.24) is 4.90 Å². The summed E-state index contributed by atoms with van der Waals surface area (Å²) in [6, 6.07) is 2.25. The number of amides is 1. The van der Waals surface area contributed by atoms with Crippen LogP contribution in [-0.2, 0) is 0 Å². The molecule has 1 aromatic heterocycles. The van der Waals surface area contributed by atoms with Gasteiger partial charge in [0.15, 0.2) is 0 Å². The fraction of sp³-hybridized carbons (Fsp3) is 0.444. The molecule has 0 atom stereocenters. The molecular weight excluding hydrogens is 353 g/mol. The van der Waals surface area contributed by atoms with E-state index >= 15 is 0 Å². The highest BCUT2D eigenvalue weighted by Crippen LogP contribution is 2.26. The Labute approximate surface area is 118 Å². The van der Waals surface area contributed by atoms with Crippen molar-refractivity contribution in [2.45, 2.75) is 6.18 Å². The van der Waals surface area contributed by atoms with Crippen LogP contribution in [0.15, 0.2) is 12.1 Å². The van der Waals surface area contributed by atoms with Gasteiger partial charge in [-0.1, -0.05) is 27.3 Å². The third-order valence-electron chi connectivity index (χ3n) is 1.99. The Morgan fingerprint density at radius 2 is 2.11 bits per heavy atom. The van der Waals surface area contributed by atoms with Crippen molar-refractivity contribution in [2.24, 2.45) is 0 Å². The number of nitrogens with zero attached hydrogens (tertiary/aromatic N) is 2. The van der Waals surface area contributed by atoms with Crippen molar-refractivity contribution in [3.8, 4) is 0 Å². The van der Waals surface area contributed by atoms with Crippen LogP contribution in [0.25, 0.3) is 0 Å². The SMILES string of the molecule is O=C(c1ccc([N+](=O)[O-])s1)N(CCBr)CC(F)(F)F. The first-order chi connectivity index (χ1) is 8.74. The highest BCUT2D eigenvalue weighted by Gasteiger charge is 2.33. The molecule has 5 nitrogen and oxygen atoms in total. The smallest absolute Gasteiger partial charge is 0.328 e. The summed E-state index contributed by atoms with van der Waals surface area (Å²) in [5, 5.41) is 10.4.